The lowest BCUT2D eigenvalue weighted by Gasteiger charge is -2.03. The van der Waals surface area contributed by atoms with Gasteiger partial charge in [0.05, 0.1) is 5.56 Å². The van der Waals surface area contributed by atoms with Crippen molar-refractivity contribution in [2.45, 2.75) is 12.8 Å². The Bertz CT molecular complexity index is 379. The molecule has 1 aliphatic rings. The van der Waals surface area contributed by atoms with E-state index in [4.69, 9.17) is 10.8 Å². The van der Waals surface area contributed by atoms with E-state index >= 15 is 0 Å². The first-order chi connectivity index (χ1) is 6.22. The first kappa shape index (κ1) is 8.25. The summed E-state index contributed by atoms with van der Waals surface area (Å²) in [6.45, 7) is 0. The van der Waals surface area contributed by atoms with Crippen LogP contribution in [0.5, 0.6) is 0 Å². The third kappa shape index (κ3) is 1.21. The van der Waals surface area contributed by atoms with Crippen LogP contribution in [0.2, 0.25) is 0 Å². The van der Waals surface area contributed by atoms with E-state index in [1.807, 2.05) is 0 Å². The highest BCUT2D eigenvalue weighted by molar-refractivity contribution is 6.44. The van der Waals surface area contributed by atoms with Crippen LogP contribution < -0.4 is 11.3 Å². The van der Waals surface area contributed by atoms with Gasteiger partial charge in [-0.15, -0.1) is 0 Å². The first-order valence-electron chi connectivity index (χ1n) is 4.02. The summed E-state index contributed by atoms with van der Waals surface area (Å²) in [4.78, 5) is 15.2. The molecular weight excluding hydrogens is 167 g/mol. The van der Waals surface area contributed by atoms with E-state index in [1.165, 1.54) is 0 Å². The van der Waals surface area contributed by atoms with Crippen LogP contribution in [0, 0.1) is 0 Å². The van der Waals surface area contributed by atoms with Gasteiger partial charge in [0.15, 0.2) is 5.78 Å². The lowest BCUT2D eigenvalue weighted by atomic mass is 9.93. The fourth-order valence-corrected chi connectivity index (χ4v) is 1.60. The molecule has 4 nitrogen and oxygen atoms in total. The standard InChI is InChI=1S/C8H8BN2O2/c10-8-7-4(1-2-5(7)12)3-6(9-13)11-8/h3,13H,1-2H2,(H2,10,11). The van der Waals surface area contributed by atoms with Gasteiger partial charge < -0.3 is 10.8 Å². The van der Waals surface area contributed by atoms with Crippen molar-refractivity contribution in [1.82, 2.24) is 4.98 Å². The Morgan fingerprint density at radius 2 is 2.31 bits per heavy atom. The molecule has 65 valence electrons. The molecule has 1 aliphatic carbocycles. The number of carbonyl (C=O) groups excluding carboxylic acids is 1. The molecule has 0 aliphatic heterocycles. The maximum Gasteiger partial charge on any atom is 0.348 e. The van der Waals surface area contributed by atoms with Crippen LogP contribution >= 0.6 is 0 Å². The topological polar surface area (TPSA) is 76.2 Å². The predicted octanol–water partition coefficient (Wildman–Crippen LogP) is -0.971. The van der Waals surface area contributed by atoms with E-state index < -0.39 is 0 Å². The van der Waals surface area contributed by atoms with Crippen LogP contribution in [-0.2, 0) is 6.42 Å². The minimum atomic E-state index is 0.0458. The maximum atomic E-state index is 11.3. The summed E-state index contributed by atoms with van der Waals surface area (Å²) in [5.41, 5.74) is 7.40. The third-order valence-corrected chi connectivity index (χ3v) is 2.18. The van der Waals surface area contributed by atoms with Crippen molar-refractivity contribution < 1.29 is 9.82 Å². The molecule has 0 aromatic carbocycles. The van der Waals surface area contributed by atoms with E-state index in [0.717, 1.165) is 13.0 Å². The Hall–Kier alpha value is -1.36. The van der Waals surface area contributed by atoms with Gasteiger partial charge in [-0.05, 0) is 18.1 Å². The molecule has 0 amide bonds. The predicted molar refractivity (Wildman–Crippen MR) is 48.9 cm³/mol. The largest absolute Gasteiger partial charge is 0.449 e. The lowest BCUT2D eigenvalue weighted by Crippen LogP contribution is -2.21. The van der Waals surface area contributed by atoms with Crippen LogP contribution in [0.25, 0.3) is 0 Å². The molecule has 1 heterocycles. The summed E-state index contributed by atoms with van der Waals surface area (Å²) in [5.74, 6) is 0.268. The quantitative estimate of drug-likeness (QED) is 0.538. The summed E-state index contributed by atoms with van der Waals surface area (Å²) in [7, 11) is 0.888. The van der Waals surface area contributed by atoms with E-state index in [-0.39, 0.29) is 11.6 Å². The van der Waals surface area contributed by atoms with Gasteiger partial charge in [0.25, 0.3) is 0 Å². The minimum absolute atomic E-state index is 0.0458. The summed E-state index contributed by atoms with van der Waals surface area (Å²) in [5, 5.41) is 8.73. The van der Waals surface area contributed by atoms with Crippen molar-refractivity contribution in [1.29, 1.82) is 0 Å². The minimum Gasteiger partial charge on any atom is -0.449 e. The number of aromatic nitrogens is 1. The molecule has 1 radical (unpaired) electrons. The number of Topliss-reactive ketones (excluding diaryl/α,β-unsaturated/α-hetero) is 1. The number of nitrogens with two attached hydrogens (primary N) is 1. The van der Waals surface area contributed by atoms with Crippen molar-refractivity contribution in [3.05, 3.63) is 17.2 Å². The normalized spacial score (nSPS) is 14.4. The molecular formula is C8H8BN2O2. The summed E-state index contributed by atoms with van der Waals surface area (Å²) >= 11 is 0. The van der Waals surface area contributed by atoms with Gasteiger partial charge >= 0.3 is 7.48 Å². The van der Waals surface area contributed by atoms with Gasteiger partial charge in [-0.25, -0.2) is 4.98 Å². The smallest absolute Gasteiger partial charge is 0.348 e. The Kier molecular flexibility index (Phi) is 1.81. The highest BCUT2D eigenvalue weighted by atomic mass is 16.2. The molecule has 0 unspecified atom stereocenters. The Balaban J connectivity index is 2.59. The van der Waals surface area contributed by atoms with Crippen molar-refractivity contribution in [3.8, 4) is 0 Å². The maximum absolute atomic E-state index is 11.3. The second kappa shape index (κ2) is 2.85. The van der Waals surface area contributed by atoms with Gasteiger partial charge in [0, 0.05) is 12.0 Å². The third-order valence-electron chi connectivity index (χ3n) is 2.18. The highest BCUT2D eigenvalue weighted by Crippen LogP contribution is 2.24. The number of hydrogen-bond acceptors (Lipinski definition) is 4. The van der Waals surface area contributed by atoms with Gasteiger partial charge in [-0.1, -0.05) is 0 Å². The van der Waals surface area contributed by atoms with E-state index in [0.29, 0.717) is 24.0 Å². The summed E-state index contributed by atoms with van der Waals surface area (Å²) in [6, 6.07) is 1.69. The van der Waals surface area contributed by atoms with Crippen LogP contribution in [0.1, 0.15) is 22.3 Å². The van der Waals surface area contributed by atoms with Crippen molar-refractivity contribution in [3.63, 3.8) is 0 Å². The number of nitrogen functional groups attached to an aromatic ring is 1. The number of aryl methyl sites for hydroxylation is 1. The molecule has 2 rings (SSSR count). The zero-order chi connectivity index (χ0) is 9.42. The molecule has 0 saturated carbocycles. The molecule has 1 aromatic heterocycles. The monoisotopic (exact) mass is 175 g/mol. The first-order valence-corrected chi connectivity index (χ1v) is 4.02. The zero-order valence-electron chi connectivity index (χ0n) is 6.95. The van der Waals surface area contributed by atoms with E-state index in [1.54, 1.807) is 6.07 Å². The molecule has 0 spiro atoms. The van der Waals surface area contributed by atoms with Gasteiger partial charge in [0.2, 0.25) is 0 Å². The van der Waals surface area contributed by atoms with E-state index in [9.17, 15) is 4.79 Å². The molecule has 0 fully saturated rings. The summed E-state index contributed by atoms with van der Waals surface area (Å²) < 4.78 is 0. The van der Waals surface area contributed by atoms with Crippen molar-refractivity contribution in [2.24, 2.45) is 0 Å². The Morgan fingerprint density at radius 1 is 1.54 bits per heavy atom. The van der Waals surface area contributed by atoms with Crippen molar-refractivity contribution >= 4 is 24.7 Å². The molecule has 13 heavy (non-hydrogen) atoms. The Labute approximate surface area is 76.1 Å². The molecule has 0 atom stereocenters. The summed E-state index contributed by atoms with van der Waals surface area (Å²) in [6.07, 6.45) is 1.19. The zero-order valence-corrected chi connectivity index (χ0v) is 6.95. The van der Waals surface area contributed by atoms with Crippen molar-refractivity contribution in [2.75, 3.05) is 5.73 Å². The molecule has 5 heteroatoms. The molecule has 0 bridgehead atoms. The molecule has 3 N–H and O–H groups in total. The number of anilines is 1. The second-order valence-electron chi connectivity index (χ2n) is 3.02. The van der Waals surface area contributed by atoms with Gasteiger partial charge in [0.1, 0.15) is 5.82 Å². The highest BCUT2D eigenvalue weighted by Gasteiger charge is 2.23. The average Bonchev–Trinajstić information content (AvgIpc) is 2.48. The van der Waals surface area contributed by atoms with Crippen LogP contribution in [0.4, 0.5) is 5.82 Å². The van der Waals surface area contributed by atoms with Gasteiger partial charge in [-0.3, -0.25) is 4.79 Å². The fourth-order valence-electron chi connectivity index (χ4n) is 1.60. The number of nitrogens with zero attached hydrogens (tertiary/aromatic N) is 1. The van der Waals surface area contributed by atoms with Crippen LogP contribution in [-0.4, -0.2) is 23.3 Å². The Morgan fingerprint density at radius 3 is 3.00 bits per heavy atom. The average molecular weight is 175 g/mol. The fraction of sp³-hybridized carbons (Fsp3) is 0.250. The number of rotatable bonds is 1. The molecule has 0 saturated heterocycles. The second-order valence-corrected chi connectivity index (χ2v) is 3.02. The van der Waals surface area contributed by atoms with Crippen LogP contribution in [0.15, 0.2) is 6.07 Å². The SMILES string of the molecule is Nc1nc([B]O)cc2c1C(=O)CC2. The lowest BCUT2D eigenvalue weighted by molar-refractivity contribution is 0.0995. The number of ketones is 1. The number of fused-ring (bicyclic) bond motifs is 1. The number of pyridine rings is 1. The number of carbonyl (C=O) groups is 1. The number of hydrogen-bond donors (Lipinski definition) is 2. The molecule has 1 aromatic rings. The van der Waals surface area contributed by atoms with E-state index in [2.05, 4.69) is 4.98 Å². The van der Waals surface area contributed by atoms with Gasteiger partial charge in [-0.2, -0.15) is 0 Å². The van der Waals surface area contributed by atoms with Crippen LogP contribution in [0.3, 0.4) is 0 Å².